The minimum absolute atomic E-state index is 0.0635. The number of hydrogen-bond donors (Lipinski definition) is 3. The first kappa shape index (κ1) is 27.9. The zero-order valence-electron chi connectivity index (χ0n) is 20.9. The lowest BCUT2D eigenvalue weighted by Gasteiger charge is -2.31. The van der Waals surface area contributed by atoms with E-state index in [-0.39, 0.29) is 30.0 Å². The van der Waals surface area contributed by atoms with E-state index in [1.165, 1.54) is 28.6 Å². The molecule has 198 valence electrons. The van der Waals surface area contributed by atoms with Crippen molar-refractivity contribution in [1.82, 2.24) is 9.62 Å². The van der Waals surface area contributed by atoms with Crippen LogP contribution in [0.4, 0.5) is 10.5 Å². The van der Waals surface area contributed by atoms with Gasteiger partial charge in [0.1, 0.15) is 6.10 Å². The first-order chi connectivity index (χ1) is 17.2. The number of nitrogen functional groups attached to an aromatic ring is 1. The van der Waals surface area contributed by atoms with E-state index in [1.807, 2.05) is 44.2 Å². The minimum atomic E-state index is -3.91. The number of aliphatic hydroxyl groups is 1. The largest absolute Gasteiger partial charge is 0.444 e. The van der Waals surface area contributed by atoms with Crippen LogP contribution >= 0.6 is 0 Å². The molecule has 0 bridgehead atoms. The second-order valence-corrected chi connectivity index (χ2v) is 11.2. The van der Waals surface area contributed by atoms with Crippen LogP contribution in [-0.4, -0.2) is 68.5 Å². The van der Waals surface area contributed by atoms with Crippen LogP contribution in [0.3, 0.4) is 0 Å². The number of rotatable bonds is 12. The zero-order chi connectivity index (χ0) is 26.1. The van der Waals surface area contributed by atoms with Gasteiger partial charge >= 0.3 is 6.09 Å². The van der Waals surface area contributed by atoms with Crippen LogP contribution in [0.15, 0.2) is 59.5 Å². The molecule has 1 heterocycles. The maximum absolute atomic E-state index is 13.5. The van der Waals surface area contributed by atoms with E-state index >= 15 is 0 Å². The number of carbonyl (C=O) groups is 1. The molecular weight excluding hydrogens is 482 g/mol. The summed E-state index contributed by atoms with van der Waals surface area (Å²) in [5.41, 5.74) is 7.09. The van der Waals surface area contributed by atoms with Crippen molar-refractivity contribution < 1.29 is 27.8 Å². The van der Waals surface area contributed by atoms with Gasteiger partial charge in [-0.25, -0.2) is 13.2 Å². The van der Waals surface area contributed by atoms with Crippen molar-refractivity contribution in [2.45, 2.75) is 56.3 Å². The number of alkyl carbamates (subject to hydrolysis) is 1. The highest BCUT2D eigenvalue weighted by atomic mass is 32.2. The molecule has 3 rings (SSSR count). The van der Waals surface area contributed by atoms with Gasteiger partial charge in [-0.2, -0.15) is 4.31 Å². The van der Waals surface area contributed by atoms with Gasteiger partial charge in [-0.05, 0) is 42.2 Å². The molecule has 0 saturated carbocycles. The summed E-state index contributed by atoms with van der Waals surface area (Å²) in [5.74, 6) is 0.0635. The van der Waals surface area contributed by atoms with E-state index in [1.54, 1.807) is 0 Å². The standard InChI is InChI=1S/C26H37N3O6S/c1-3-19(2)16-29(36(32,33)23-11-9-21(27)10-12-23)17-25(30)24(15-20-7-5-4-6-8-20)28-26(31)35-22-13-14-34-18-22/h4-12,19,22,24-25,30H,3,13-18,27H2,1-2H3,(H,28,31)/t19-,22?,24-,25+/m0/s1. The summed E-state index contributed by atoms with van der Waals surface area (Å²) in [6, 6.07) is 14.6. The maximum Gasteiger partial charge on any atom is 0.407 e. The average molecular weight is 520 g/mol. The Kier molecular flexibility index (Phi) is 10.1. The fourth-order valence-corrected chi connectivity index (χ4v) is 5.54. The molecule has 4 N–H and O–H groups in total. The van der Waals surface area contributed by atoms with Crippen LogP contribution < -0.4 is 11.1 Å². The van der Waals surface area contributed by atoms with Crippen LogP contribution in [0.2, 0.25) is 0 Å². The summed E-state index contributed by atoms with van der Waals surface area (Å²) in [5, 5.41) is 14.0. The zero-order valence-corrected chi connectivity index (χ0v) is 21.7. The second kappa shape index (κ2) is 13.0. The summed E-state index contributed by atoms with van der Waals surface area (Å²) in [6.07, 6.45) is -0.511. The van der Waals surface area contributed by atoms with Crippen LogP contribution in [0.5, 0.6) is 0 Å². The molecule has 1 amide bonds. The van der Waals surface area contributed by atoms with Gasteiger partial charge in [0.15, 0.2) is 0 Å². The molecule has 9 nitrogen and oxygen atoms in total. The van der Waals surface area contributed by atoms with Crippen molar-refractivity contribution >= 4 is 21.8 Å². The van der Waals surface area contributed by atoms with Gasteiger partial charge in [-0.1, -0.05) is 50.6 Å². The molecule has 0 radical (unpaired) electrons. The first-order valence-electron chi connectivity index (χ1n) is 12.3. The monoisotopic (exact) mass is 519 g/mol. The number of hydrogen-bond acceptors (Lipinski definition) is 7. The average Bonchev–Trinajstić information content (AvgIpc) is 3.36. The predicted molar refractivity (Wildman–Crippen MR) is 138 cm³/mol. The lowest BCUT2D eigenvalue weighted by Crippen LogP contribution is -2.51. The number of aliphatic hydroxyl groups excluding tert-OH is 1. The Morgan fingerprint density at radius 3 is 2.50 bits per heavy atom. The molecule has 0 aliphatic carbocycles. The number of carbonyl (C=O) groups excluding carboxylic acids is 1. The summed E-state index contributed by atoms with van der Waals surface area (Å²) >= 11 is 0. The summed E-state index contributed by atoms with van der Waals surface area (Å²) in [7, 11) is -3.91. The normalized spacial score (nSPS) is 18.5. The Morgan fingerprint density at radius 2 is 1.89 bits per heavy atom. The number of anilines is 1. The predicted octanol–water partition coefficient (Wildman–Crippen LogP) is 2.79. The molecule has 2 aromatic carbocycles. The van der Waals surface area contributed by atoms with Gasteiger partial charge in [-0.3, -0.25) is 0 Å². The van der Waals surface area contributed by atoms with Gasteiger partial charge in [0.2, 0.25) is 10.0 Å². The van der Waals surface area contributed by atoms with Crippen molar-refractivity contribution in [3.63, 3.8) is 0 Å². The number of sulfonamides is 1. The third kappa shape index (κ3) is 7.92. The fourth-order valence-electron chi connectivity index (χ4n) is 3.97. The Bertz CT molecular complexity index is 1060. The minimum Gasteiger partial charge on any atom is -0.444 e. The molecule has 1 unspecified atom stereocenters. The van der Waals surface area contributed by atoms with Crippen LogP contribution in [0.1, 0.15) is 32.3 Å². The van der Waals surface area contributed by atoms with E-state index in [0.717, 1.165) is 12.0 Å². The van der Waals surface area contributed by atoms with Crippen LogP contribution in [-0.2, 0) is 25.9 Å². The van der Waals surface area contributed by atoms with E-state index in [2.05, 4.69) is 5.32 Å². The van der Waals surface area contributed by atoms with Gasteiger partial charge in [-0.15, -0.1) is 0 Å². The van der Waals surface area contributed by atoms with Crippen molar-refractivity contribution in [2.75, 3.05) is 32.0 Å². The highest BCUT2D eigenvalue weighted by Crippen LogP contribution is 2.21. The number of nitrogens with zero attached hydrogens (tertiary/aromatic N) is 1. The number of amides is 1. The molecule has 4 atom stereocenters. The van der Waals surface area contributed by atoms with Gasteiger partial charge < -0.3 is 25.6 Å². The van der Waals surface area contributed by atoms with Gasteiger partial charge in [0.25, 0.3) is 0 Å². The Hall–Kier alpha value is -2.66. The van der Waals surface area contributed by atoms with Crippen molar-refractivity contribution in [2.24, 2.45) is 5.92 Å². The molecule has 1 aliphatic rings. The second-order valence-electron chi connectivity index (χ2n) is 9.30. The molecule has 0 aromatic heterocycles. The van der Waals surface area contributed by atoms with Crippen LogP contribution in [0.25, 0.3) is 0 Å². The Balaban J connectivity index is 1.81. The molecule has 2 aromatic rings. The molecule has 0 spiro atoms. The molecule has 36 heavy (non-hydrogen) atoms. The highest BCUT2D eigenvalue weighted by molar-refractivity contribution is 7.89. The third-order valence-electron chi connectivity index (χ3n) is 6.35. The molecule has 10 heteroatoms. The van der Waals surface area contributed by atoms with Crippen molar-refractivity contribution in [3.8, 4) is 0 Å². The molecule has 1 aliphatic heterocycles. The molecule has 1 saturated heterocycles. The molecule has 1 fully saturated rings. The quantitative estimate of drug-likeness (QED) is 0.368. The topological polar surface area (TPSA) is 131 Å². The smallest absolute Gasteiger partial charge is 0.407 e. The van der Waals surface area contributed by atoms with E-state index < -0.39 is 28.3 Å². The molecular formula is C26H37N3O6S. The van der Waals surface area contributed by atoms with E-state index in [0.29, 0.717) is 31.7 Å². The van der Waals surface area contributed by atoms with Gasteiger partial charge in [0.05, 0.1) is 30.3 Å². The highest BCUT2D eigenvalue weighted by Gasteiger charge is 2.32. The number of nitrogens with one attached hydrogen (secondary N) is 1. The lowest BCUT2D eigenvalue weighted by molar-refractivity contribution is 0.0642. The maximum atomic E-state index is 13.5. The summed E-state index contributed by atoms with van der Waals surface area (Å²) in [6.45, 7) is 4.84. The fraction of sp³-hybridized carbons (Fsp3) is 0.500. The van der Waals surface area contributed by atoms with E-state index in [4.69, 9.17) is 15.2 Å². The van der Waals surface area contributed by atoms with Crippen LogP contribution in [0, 0.1) is 5.92 Å². The number of benzene rings is 2. The SMILES string of the molecule is CC[C@H](C)CN(C[C@@H](O)[C@H](Cc1ccccc1)NC(=O)OC1CCOC1)S(=O)(=O)c1ccc(N)cc1. The third-order valence-corrected chi connectivity index (χ3v) is 8.19. The van der Waals surface area contributed by atoms with Crippen molar-refractivity contribution in [1.29, 1.82) is 0 Å². The van der Waals surface area contributed by atoms with E-state index in [9.17, 15) is 18.3 Å². The first-order valence-corrected chi connectivity index (χ1v) is 13.8. The van der Waals surface area contributed by atoms with Crippen molar-refractivity contribution in [3.05, 3.63) is 60.2 Å². The Labute approximate surface area is 213 Å². The lowest BCUT2D eigenvalue weighted by atomic mass is 10.0. The summed E-state index contributed by atoms with van der Waals surface area (Å²) in [4.78, 5) is 12.7. The summed E-state index contributed by atoms with van der Waals surface area (Å²) < 4.78 is 39.0. The number of nitrogens with two attached hydrogens (primary N) is 1. The van der Waals surface area contributed by atoms with Gasteiger partial charge in [0, 0.05) is 25.2 Å². The number of ether oxygens (including phenoxy) is 2. The Morgan fingerprint density at radius 1 is 1.19 bits per heavy atom.